The van der Waals surface area contributed by atoms with Crippen LogP contribution in [0.25, 0.3) is 0 Å². The van der Waals surface area contributed by atoms with Crippen LogP contribution in [0.3, 0.4) is 0 Å². The molecule has 2 atom stereocenters. The average molecular weight is 413 g/mol. The Morgan fingerprint density at radius 3 is 2.12 bits per heavy atom. The highest BCUT2D eigenvalue weighted by molar-refractivity contribution is 9.10. The summed E-state index contributed by atoms with van der Waals surface area (Å²) in [5, 5.41) is 10.5. The fraction of sp³-hybridized carbons (Fsp3) is 0.182. The summed E-state index contributed by atoms with van der Waals surface area (Å²) < 4.78 is 6.73. The Balaban J connectivity index is 1.63. The number of ether oxygens (including phenoxy) is 1. The van der Waals surface area contributed by atoms with Gasteiger partial charge in [0.2, 0.25) is 0 Å². The van der Waals surface area contributed by atoms with Crippen LogP contribution in [-0.4, -0.2) is 24.4 Å². The van der Waals surface area contributed by atoms with E-state index in [1.807, 2.05) is 60.7 Å². The summed E-state index contributed by atoms with van der Waals surface area (Å²) in [7, 11) is 0. The van der Waals surface area contributed by atoms with Crippen molar-refractivity contribution in [2.45, 2.75) is 12.6 Å². The van der Waals surface area contributed by atoms with Crippen molar-refractivity contribution in [2.24, 2.45) is 0 Å². The van der Waals surface area contributed by atoms with Gasteiger partial charge >= 0.3 is 0 Å². The standard InChI is InChI=1S/C22H22BrNO2/c23-19-11-13-22(14-12-19)26-17-21(25)16-24(20-9-5-2-6-10-20)15-18-7-3-1-4-8-18/h1-14,21,25H,15-17H2/p+1. The van der Waals surface area contributed by atoms with Crippen LogP contribution in [0.1, 0.15) is 5.56 Å². The Hall–Kier alpha value is -2.14. The second-order valence-electron chi connectivity index (χ2n) is 6.25. The highest BCUT2D eigenvalue weighted by Gasteiger charge is 2.18. The van der Waals surface area contributed by atoms with Gasteiger partial charge < -0.3 is 9.84 Å². The first-order chi connectivity index (χ1) is 12.7. The zero-order valence-electron chi connectivity index (χ0n) is 14.5. The summed E-state index contributed by atoms with van der Waals surface area (Å²) in [6.45, 7) is 1.67. The molecule has 0 aliphatic heterocycles. The Morgan fingerprint density at radius 1 is 0.846 bits per heavy atom. The Kier molecular flexibility index (Phi) is 6.83. The zero-order chi connectivity index (χ0) is 18.2. The second-order valence-corrected chi connectivity index (χ2v) is 7.17. The maximum absolute atomic E-state index is 10.5. The van der Waals surface area contributed by atoms with Gasteiger partial charge in [0.1, 0.15) is 37.2 Å². The molecule has 134 valence electrons. The molecule has 26 heavy (non-hydrogen) atoms. The quantitative estimate of drug-likeness (QED) is 0.592. The predicted octanol–water partition coefficient (Wildman–Crippen LogP) is 3.61. The van der Waals surface area contributed by atoms with Crippen molar-refractivity contribution in [1.29, 1.82) is 0 Å². The molecule has 0 heterocycles. The molecule has 2 N–H and O–H groups in total. The summed E-state index contributed by atoms with van der Waals surface area (Å²) in [6, 6.07) is 28.3. The average Bonchev–Trinajstić information content (AvgIpc) is 2.68. The van der Waals surface area contributed by atoms with Crippen LogP contribution in [0, 0.1) is 0 Å². The first-order valence-electron chi connectivity index (χ1n) is 8.71. The number of benzene rings is 3. The van der Waals surface area contributed by atoms with E-state index in [1.165, 1.54) is 16.2 Å². The van der Waals surface area contributed by atoms with Gasteiger partial charge in [-0.05, 0) is 36.4 Å². The molecule has 3 nitrogen and oxygen atoms in total. The minimum atomic E-state index is -0.558. The number of hydrogen-bond acceptors (Lipinski definition) is 2. The van der Waals surface area contributed by atoms with Crippen molar-refractivity contribution in [3.8, 4) is 5.75 Å². The molecule has 3 aromatic carbocycles. The van der Waals surface area contributed by atoms with Gasteiger partial charge in [0, 0.05) is 10.0 Å². The fourth-order valence-corrected chi connectivity index (χ4v) is 3.14. The molecule has 4 heteroatoms. The molecule has 0 aliphatic rings. The number of hydrogen-bond donors (Lipinski definition) is 2. The fourth-order valence-electron chi connectivity index (χ4n) is 2.87. The van der Waals surface area contributed by atoms with E-state index in [1.54, 1.807) is 0 Å². The van der Waals surface area contributed by atoms with E-state index in [0.717, 1.165) is 16.8 Å². The lowest BCUT2D eigenvalue weighted by Crippen LogP contribution is -3.07. The first kappa shape index (κ1) is 18.6. The minimum absolute atomic E-state index is 0.271. The SMILES string of the molecule is OC(COc1ccc(Br)cc1)C[NH+](Cc1ccccc1)c1ccccc1. The Morgan fingerprint density at radius 2 is 1.46 bits per heavy atom. The van der Waals surface area contributed by atoms with Gasteiger partial charge in [0.25, 0.3) is 0 Å². The van der Waals surface area contributed by atoms with Crippen molar-refractivity contribution in [1.82, 2.24) is 0 Å². The largest absolute Gasteiger partial charge is 0.491 e. The monoisotopic (exact) mass is 412 g/mol. The zero-order valence-corrected chi connectivity index (χ0v) is 16.1. The third-order valence-corrected chi connectivity index (χ3v) is 4.71. The van der Waals surface area contributed by atoms with Crippen LogP contribution in [0.5, 0.6) is 5.75 Å². The van der Waals surface area contributed by atoms with E-state index in [2.05, 4.69) is 40.2 Å². The van der Waals surface area contributed by atoms with Crippen molar-refractivity contribution in [2.75, 3.05) is 13.2 Å². The number of aliphatic hydroxyl groups is 1. The topological polar surface area (TPSA) is 33.9 Å². The third-order valence-electron chi connectivity index (χ3n) is 4.18. The van der Waals surface area contributed by atoms with Crippen molar-refractivity contribution >= 4 is 21.6 Å². The van der Waals surface area contributed by atoms with Gasteiger partial charge in [-0.1, -0.05) is 64.5 Å². The van der Waals surface area contributed by atoms with Crippen LogP contribution in [-0.2, 0) is 6.54 Å². The van der Waals surface area contributed by atoms with Gasteiger partial charge in [-0.2, -0.15) is 0 Å². The molecule has 0 spiro atoms. The van der Waals surface area contributed by atoms with Gasteiger partial charge in [-0.25, -0.2) is 0 Å². The van der Waals surface area contributed by atoms with Crippen molar-refractivity contribution in [3.05, 3.63) is 95.0 Å². The molecule has 0 saturated carbocycles. The van der Waals surface area contributed by atoms with E-state index >= 15 is 0 Å². The van der Waals surface area contributed by atoms with Gasteiger partial charge in [0.05, 0.1) is 0 Å². The van der Waals surface area contributed by atoms with Crippen LogP contribution >= 0.6 is 15.9 Å². The molecule has 0 aliphatic carbocycles. The molecule has 0 fully saturated rings. The Labute approximate surface area is 163 Å². The lowest BCUT2D eigenvalue weighted by Gasteiger charge is -2.22. The maximum Gasteiger partial charge on any atom is 0.137 e. The number of aliphatic hydroxyl groups excluding tert-OH is 1. The highest BCUT2D eigenvalue weighted by atomic mass is 79.9. The van der Waals surface area contributed by atoms with E-state index in [4.69, 9.17) is 4.74 Å². The van der Waals surface area contributed by atoms with Gasteiger partial charge in [0.15, 0.2) is 0 Å². The third kappa shape index (κ3) is 5.70. The predicted molar refractivity (Wildman–Crippen MR) is 108 cm³/mol. The molecular formula is C22H23BrNO2+. The second kappa shape index (κ2) is 9.53. The summed E-state index contributed by atoms with van der Waals surface area (Å²) in [5.74, 6) is 0.761. The molecule has 0 bridgehead atoms. The number of nitrogens with one attached hydrogen (secondary N) is 1. The lowest BCUT2D eigenvalue weighted by molar-refractivity contribution is -0.851. The van der Waals surface area contributed by atoms with E-state index in [-0.39, 0.29) is 6.61 Å². The first-order valence-corrected chi connectivity index (χ1v) is 9.50. The van der Waals surface area contributed by atoms with Crippen LogP contribution in [0.2, 0.25) is 0 Å². The molecule has 2 unspecified atom stereocenters. The highest BCUT2D eigenvalue weighted by Crippen LogP contribution is 2.16. The summed E-state index contributed by atoms with van der Waals surface area (Å²) in [4.78, 5) is 1.21. The summed E-state index contributed by atoms with van der Waals surface area (Å²) in [5.41, 5.74) is 2.41. The normalized spacial score (nSPS) is 13.2. The molecule has 0 radical (unpaired) electrons. The molecule has 3 rings (SSSR count). The van der Waals surface area contributed by atoms with Gasteiger partial charge in [-0.15, -0.1) is 0 Å². The van der Waals surface area contributed by atoms with Crippen molar-refractivity contribution in [3.63, 3.8) is 0 Å². The minimum Gasteiger partial charge on any atom is -0.491 e. The lowest BCUT2D eigenvalue weighted by atomic mass is 10.2. The number of halogens is 1. The van der Waals surface area contributed by atoms with Crippen LogP contribution < -0.4 is 9.64 Å². The molecule has 3 aromatic rings. The number of quaternary nitrogens is 1. The maximum atomic E-state index is 10.5. The molecule has 0 saturated heterocycles. The summed E-state index contributed by atoms with van der Waals surface area (Å²) in [6.07, 6.45) is -0.558. The van der Waals surface area contributed by atoms with E-state index in [0.29, 0.717) is 6.54 Å². The smallest absolute Gasteiger partial charge is 0.137 e. The van der Waals surface area contributed by atoms with Crippen molar-refractivity contribution < 1.29 is 14.7 Å². The summed E-state index contributed by atoms with van der Waals surface area (Å²) >= 11 is 3.41. The van der Waals surface area contributed by atoms with Crippen LogP contribution in [0.15, 0.2) is 89.4 Å². The number of para-hydroxylation sites is 1. The van der Waals surface area contributed by atoms with Gasteiger partial charge in [-0.3, -0.25) is 4.90 Å². The Bertz CT molecular complexity index is 778. The molecular weight excluding hydrogens is 390 g/mol. The molecule has 0 aromatic heterocycles. The van der Waals surface area contributed by atoms with E-state index < -0.39 is 6.10 Å². The van der Waals surface area contributed by atoms with E-state index in [9.17, 15) is 5.11 Å². The van der Waals surface area contributed by atoms with Crippen LogP contribution in [0.4, 0.5) is 5.69 Å². The molecule has 0 amide bonds. The number of rotatable bonds is 8.